The van der Waals surface area contributed by atoms with Crippen LogP contribution in [0.25, 0.3) is 0 Å². The van der Waals surface area contributed by atoms with Gasteiger partial charge < -0.3 is 10.8 Å². The van der Waals surface area contributed by atoms with E-state index in [1.54, 1.807) is 0 Å². The molecule has 3 aliphatic rings. The van der Waals surface area contributed by atoms with Gasteiger partial charge in [-0.05, 0) is 32.1 Å². The summed E-state index contributed by atoms with van der Waals surface area (Å²) in [5.74, 6) is -0.260. The quantitative estimate of drug-likeness (QED) is 0.605. The van der Waals surface area contributed by atoms with E-state index in [0.29, 0.717) is 45.3 Å². The van der Waals surface area contributed by atoms with Gasteiger partial charge in [0.25, 0.3) is 0 Å². The van der Waals surface area contributed by atoms with E-state index in [1.165, 1.54) is 10.6 Å². The minimum atomic E-state index is -3.14. The molecule has 3 atom stereocenters. The van der Waals surface area contributed by atoms with Crippen molar-refractivity contribution in [2.75, 3.05) is 45.5 Å². The molecule has 3 fully saturated rings. The lowest BCUT2D eigenvalue weighted by Crippen LogP contribution is -2.60. The van der Waals surface area contributed by atoms with Gasteiger partial charge in [0.15, 0.2) is 0 Å². The summed E-state index contributed by atoms with van der Waals surface area (Å²) < 4.78 is 24.6. The van der Waals surface area contributed by atoms with Gasteiger partial charge in [-0.2, -0.15) is 4.31 Å². The van der Waals surface area contributed by atoms with Gasteiger partial charge in [0.2, 0.25) is 15.9 Å². The molecule has 0 aliphatic carbocycles. The first-order valence-corrected chi connectivity index (χ1v) is 11.0. The number of hydrogen-bond acceptors (Lipinski definition) is 6. The molecule has 3 N–H and O–H groups in total. The fourth-order valence-electron chi connectivity index (χ4n) is 4.79. The molecule has 0 spiro atoms. The van der Waals surface area contributed by atoms with Crippen molar-refractivity contribution in [2.45, 2.75) is 49.8 Å². The van der Waals surface area contributed by atoms with Crippen molar-refractivity contribution >= 4 is 15.9 Å². The number of primary amides is 1. The molecule has 3 aliphatic heterocycles. The number of sulfonamides is 1. The smallest absolute Gasteiger partial charge is 0.237 e. The molecule has 8 nitrogen and oxygen atoms in total. The molecule has 2 bridgehead atoms. The minimum absolute atomic E-state index is 0.260. The average molecular weight is 375 g/mol. The number of nitrogens with two attached hydrogens (primary N) is 1. The maximum absolute atomic E-state index is 12.1. The topological polar surface area (TPSA) is 107 Å². The molecule has 0 saturated carbocycles. The second-order valence-electron chi connectivity index (χ2n) is 7.75. The van der Waals surface area contributed by atoms with E-state index < -0.39 is 21.7 Å². The molecule has 3 saturated heterocycles. The van der Waals surface area contributed by atoms with Crippen molar-refractivity contribution < 1.29 is 18.3 Å². The van der Waals surface area contributed by atoms with Gasteiger partial charge in [-0.3, -0.25) is 14.6 Å². The predicted molar refractivity (Wildman–Crippen MR) is 94.4 cm³/mol. The van der Waals surface area contributed by atoms with Crippen LogP contribution >= 0.6 is 0 Å². The van der Waals surface area contributed by atoms with Crippen LogP contribution in [0.3, 0.4) is 0 Å². The number of aliphatic hydroxyl groups excluding tert-OH is 1. The van der Waals surface area contributed by atoms with E-state index in [-0.39, 0.29) is 5.91 Å². The number of piperidine rings is 1. The number of piperazine rings is 1. The molecule has 3 rings (SSSR count). The van der Waals surface area contributed by atoms with Gasteiger partial charge >= 0.3 is 0 Å². The predicted octanol–water partition coefficient (Wildman–Crippen LogP) is -1.20. The molecule has 0 aromatic carbocycles. The van der Waals surface area contributed by atoms with Crippen molar-refractivity contribution in [3.05, 3.63) is 0 Å². The standard InChI is InChI=1S/C16H30N4O4S/c1-25(23,24)19-9-7-18(8-10-19)11-14(21)12-20-13-3-2-5-16(20,6-4-13)15(17)22/h13-14,21H,2-12H2,1H3,(H2,17,22)/t13-,14-,16+/m1/s1. The Kier molecular flexibility index (Phi) is 5.41. The highest BCUT2D eigenvalue weighted by Crippen LogP contribution is 2.43. The summed E-state index contributed by atoms with van der Waals surface area (Å²) >= 11 is 0. The van der Waals surface area contributed by atoms with Crippen molar-refractivity contribution in [2.24, 2.45) is 5.73 Å². The first-order chi connectivity index (χ1) is 11.7. The van der Waals surface area contributed by atoms with Crippen LogP contribution in [-0.2, 0) is 14.8 Å². The molecular weight excluding hydrogens is 344 g/mol. The normalized spacial score (nSPS) is 33.4. The molecule has 0 aromatic heterocycles. The van der Waals surface area contributed by atoms with E-state index in [4.69, 9.17) is 5.73 Å². The number of rotatable bonds is 6. The Morgan fingerprint density at radius 3 is 2.48 bits per heavy atom. The van der Waals surface area contributed by atoms with Crippen LogP contribution in [0.15, 0.2) is 0 Å². The van der Waals surface area contributed by atoms with Gasteiger partial charge in [-0.15, -0.1) is 0 Å². The molecular formula is C16H30N4O4S. The molecule has 0 unspecified atom stereocenters. The summed E-state index contributed by atoms with van der Waals surface area (Å²) in [6, 6.07) is 0.345. The molecule has 9 heteroatoms. The Morgan fingerprint density at radius 1 is 1.20 bits per heavy atom. The van der Waals surface area contributed by atoms with Crippen LogP contribution in [0.2, 0.25) is 0 Å². The van der Waals surface area contributed by atoms with Crippen molar-refractivity contribution in [3.63, 3.8) is 0 Å². The highest BCUT2D eigenvalue weighted by atomic mass is 32.2. The number of fused-ring (bicyclic) bond motifs is 2. The van der Waals surface area contributed by atoms with E-state index in [9.17, 15) is 18.3 Å². The fourth-order valence-corrected chi connectivity index (χ4v) is 5.62. The third-order valence-corrected chi connectivity index (χ3v) is 7.45. The Hall–Kier alpha value is -0.740. The third kappa shape index (κ3) is 3.85. The second-order valence-corrected chi connectivity index (χ2v) is 9.73. The van der Waals surface area contributed by atoms with E-state index in [1.807, 2.05) is 0 Å². The van der Waals surface area contributed by atoms with Crippen LogP contribution < -0.4 is 5.73 Å². The summed E-state index contributed by atoms with van der Waals surface area (Å²) in [7, 11) is -3.14. The summed E-state index contributed by atoms with van der Waals surface area (Å²) in [5.41, 5.74) is 5.14. The Balaban J connectivity index is 1.55. The lowest BCUT2D eigenvalue weighted by molar-refractivity contribution is -0.132. The van der Waals surface area contributed by atoms with Gasteiger partial charge in [0, 0.05) is 45.3 Å². The Bertz CT molecular complexity index is 601. The Morgan fingerprint density at radius 2 is 1.88 bits per heavy atom. The number of amides is 1. The zero-order chi connectivity index (χ0) is 18.2. The molecule has 25 heavy (non-hydrogen) atoms. The molecule has 3 heterocycles. The number of β-amino-alcohol motifs (C(OH)–C–C–N with tert-alkyl or cyclic N) is 1. The highest BCUT2D eigenvalue weighted by Gasteiger charge is 2.52. The zero-order valence-corrected chi connectivity index (χ0v) is 15.7. The van der Waals surface area contributed by atoms with E-state index in [0.717, 1.165) is 32.1 Å². The summed E-state index contributed by atoms with van der Waals surface area (Å²) in [4.78, 5) is 16.3. The van der Waals surface area contributed by atoms with Crippen LogP contribution in [0, 0.1) is 0 Å². The van der Waals surface area contributed by atoms with Crippen LogP contribution in [0.1, 0.15) is 32.1 Å². The first kappa shape index (κ1) is 19.0. The molecule has 1 amide bonds. The lowest BCUT2D eigenvalue weighted by Gasteiger charge is -2.44. The van der Waals surface area contributed by atoms with Crippen LogP contribution in [-0.4, -0.2) is 96.7 Å². The summed E-state index contributed by atoms with van der Waals surface area (Å²) in [6.07, 6.45) is 5.31. The summed E-state index contributed by atoms with van der Waals surface area (Å²) in [6.45, 7) is 3.12. The number of nitrogens with zero attached hydrogens (tertiary/aromatic N) is 3. The second kappa shape index (κ2) is 7.11. The van der Waals surface area contributed by atoms with Crippen LogP contribution in [0.4, 0.5) is 0 Å². The zero-order valence-electron chi connectivity index (χ0n) is 14.9. The number of hydrogen-bond donors (Lipinski definition) is 2. The maximum Gasteiger partial charge on any atom is 0.237 e. The van der Waals surface area contributed by atoms with Crippen molar-refractivity contribution in [1.29, 1.82) is 0 Å². The van der Waals surface area contributed by atoms with Crippen molar-refractivity contribution in [1.82, 2.24) is 14.1 Å². The highest BCUT2D eigenvalue weighted by molar-refractivity contribution is 7.88. The minimum Gasteiger partial charge on any atom is -0.390 e. The van der Waals surface area contributed by atoms with Crippen molar-refractivity contribution in [3.8, 4) is 0 Å². The van der Waals surface area contributed by atoms with Gasteiger partial charge in [0.1, 0.15) is 5.54 Å². The number of aliphatic hydroxyl groups is 1. The van der Waals surface area contributed by atoms with Crippen LogP contribution in [0.5, 0.6) is 0 Å². The van der Waals surface area contributed by atoms with E-state index in [2.05, 4.69) is 9.80 Å². The summed E-state index contributed by atoms with van der Waals surface area (Å²) in [5, 5.41) is 10.6. The molecule has 0 aromatic rings. The monoisotopic (exact) mass is 374 g/mol. The van der Waals surface area contributed by atoms with Gasteiger partial charge in [0.05, 0.1) is 12.4 Å². The molecule has 0 radical (unpaired) electrons. The first-order valence-electron chi connectivity index (χ1n) is 9.14. The number of carbonyl (C=O) groups excluding carboxylic acids is 1. The number of carbonyl (C=O) groups is 1. The van der Waals surface area contributed by atoms with Gasteiger partial charge in [-0.25, -0.2) is 8.42 Å². The largest absolute Gasteiger partial charge is 0.390 e. The SMILES string of the molecule is CS(=O)(=O)N1CCN(C[C@@H](O)CN2[C@@H]3CCC[C@@]2(C(N)=O)CC3)CC1. The maximum atomic E-state index is 12.1. The average Bonchev–Trinajstić information content (AvgIpc) is 2.74. The molecule has 144 valence electrons. The fraction of sp³-hybridized carbons (Fsp3) is 0.938. The Labute approximate surface area is 150 Å². The third-order valence-electron chi connectivity index (χ3n) is 6.14. The lowest BCUT2D eigenvalue weighted by atomic mass is 9.87. The van der Waals surface area contributed by atoms with E-state index >= 15 is 0 Å². The van der Waals surface area contributed by atoms with Gasteiger partial charge in [-0.1, -0.05) is 0 Å².